The van der Waals surface area contributed by atoms with Crippen LogP contribution in [0.25, 0.3) is 0 Å². The number of carbonyl (C=O) groups excluding carboxylic acids is 2. The fourth-order valence-electron chi connectivity index (χ4n) is 2.12. The van der Waals surface area contributed by atoms with Gasteiger partial charge in [-0.3, -0.25) is 9.59 Å². The third-order valence-electron chi connectivity index (χ3n) is 3.41. The van der Waals surface area contributed by atoms with Gasteiger partial charge in [0, 0.05) is 6.42 Å². The van der Waals surface area contributed by atoms with Crippen LogP contribution in [0, 0.1) is 0 Å². The summed E-state index contributed by atoms with van der Waals surface area (Å²) in [6.07, 6.45) is 11.8. The van der Waals surface area contributed by atoms with Gasteiger partial charge in [-0.15, -0.1) is 0 Å². The summed E-state index contributed by atoms with van der Waals surface area (Å²) in [5.74, 6) is -0.326. The maximum atomic E-state index is 11.5. The Bertz CT molecular complexity index is 249. The SMILES string of the molecule is CCCCCCCCOC(=O)CC(=O)CCCCCC. The van der Waals surface area contributed by atoms with E-state index in [1.54, 1.807) is 0 Å². The molecule has 0 bridgehead atoms. The molecule has 3 heteroatoms. The third-order valence-corrected chi connectivity index (χ3v) is 3.41. The molecule has 0 atom stereocenters. The molecule has 0 N–H and O–H groups in total. The molecule has 118 valence electrons. The van der Waals surface area contributed by atoms with Gasteiger partial charge in [0.15, 0.2) is 0 Å². The molecule has 0 heterocycles. The minimum Gasteiger partial charge on any atom is -0.465 e. The Morgan fingerprint density at radius 3 is 1.95 bits per heavy atom. The molecule has 0 aliphatic heterocycles. The second-order valence-corrected chi connectivity index (χ2v) is 5.51. The van der Waals surface area contributed by atoms with Gasteiger partial charge in [0.2, 0.25) is 0 Å². The highest BCUT2D eigenvalue weighted by molar-refractivity contribution is 5.95. The van der Waals surface area contributed by atoms with Gasteiger partial charge in [0.05, 0.1) is 6.61 Å². The van der Waals surface area contributed by atoms with Gasteiger partial charge in [-0.1, -0.05) is 65.2 Å². The maximum Gasteiger partial charge on any atom is 0.313 e. The number of rotatable bonds is 14. The van der Waals surface area contributed by atoms with Crippen LogP contribution in [0.3, 0.4) is 0 Å². The van der Waals surface area contributed by atoms with E-state index in [4.69, 9.17) is 4.74 Å². The molecule has 0 aliphatic rings. The quantitative estimate of drug-likeness (QED) is 0.261. The third kappa shape index (κ3) is 13.6. The van der Waals surface area contributed by atoms with Crippen LogP contribution in [0.4, 0.5) is 0 Å². The lowest BCUT2D eigenvalue weighted by atomic mass is 10.1. The fraction of sp³-hybridized carbons (Fsp3) is 0.882. The van der Waals surface area contributed by atoms with Gasteiger partial charge in [0.1, 0.15) is 12.2 Å². The van der Waals surface area contributed by atoms with E-state index in [0.29, 0.717) is 13.0 Å². The summed E-state index contributed by atoms with van der Waals surface area (Å²) in [6.45, 7) is 4.80. The lowest BCUT2D eigenvalue weighted by Gasteiger charge is -2.04. The Labute approximate surface area is 124 Å². The van der Waals surface area contributed by atoms with Crippen molar-refractivity contribution in [2.75, 3.05) is 6.61 Å². The van der Waals surface area contributed by atoms with Gasteiger partial charge < -0.3 is 4.74 Å². The molecule has 0 spiro atoms. The van der Waals surface area contributed by atoms with E-state index in [2.05, 4.69) is 13.8 Å². The van der Waals surface area contributed by atoms with Crippen molar-refractivity contribution in [2.24, 2.45) is 0 Å². The number of ether oxygens (including phenoxy) is 1. The van der Waals surface area contributed by atoms with E-state index in [1.165, 1.54) is 25.7 Å². The largest absolute Gasteiger partial charge is 0.465 e. The van der Waals surface area contributed by atoms with E-state index in [0.717, 1.165) is 38.5 Å². The molecule has 20 heavy (non-hydrogen) atoms. The van der Waals surface area contributed by atoms with Crippen molar-refractivity contribution in [1.29, 1.82) is 0 Å². The van der Waals surface area contributed by atoms with Crippen LogP contribution in [0.1, 0.15) is 90.9 Å². The molecule has 0 aromatic heterocycles. The van der Waals surface area contributed by atoms with Crippen molar-refractivity contribution >= 4 is 11.8 Å². The first-order valence-corrected chi connectivity index (χ1v) is 8.38. The number of ketones is 1. The van der Waals surface area contributed by atoms with Crippen molar-refractivity contribution < 1.29 is 14.3 Å². The summed E-state index contributed by atoms with van der Waals surface area (Å²) in [4.78, 5) is 23.0. The molecular weight excluding hydrogens is 252 g/mol. The number of esters is 1. The van der Waals surface area contributed by atoms with Crippen molar-refractivity contribution in [3.8, 4) is 0 Å². The Morgan fingerprint density at radius 1 is 0.750 bits per heavy atom. The smallest absolute Gasteiger partial charge is 0.313 e. The van der Waals surface area contributed by atoms with Gasteiger partial charge in [-0.25, -0.2) is 0 Å². The number of carbonyl (C=O) groups is 2. The Morgan fingerprint density at radius 2 is 1.30 bits per heavy atom. The van der Waals surface area contributed by atoms with Gasteiger partial charge in [-0.2, -0.15) is 0 Å². The second kappa shape index (κ2) is 14.5. The van der Waals surface area contributed by atoms with Crippen molar-refractivity contribution in [3.63, 3.8) is 0 Å². The average molecular weight is 284 g/mol. The average Bonchev–Trinajstić information content (AvgIpc) is 2.42. The second-order valence-electron chi connectivity index (χ2n) is 5.51. The van der Waals surface area contributed by atoms with Crippen molar-refractivity contribution in [1.82, 2.24) is 0 Å². The van der Waals surface area contributed by atoms with Crippen molar-refractivity contribution in [3.05, 3.63) is 0 Å². The minimum absolute atomic E-state index is 0.0223. The van der Waals surface area contributed by atoms with Crippen LogP contribution < -0.4 is 0 Å². The van der Waals surface area contributed by atoms with E-state index < -0.39 is 0 Å². The Balaban J connectivity index is 3.37. The zero-order chi connectivity index (χ0) is 15.1. The number of hydrogen-bond acceptors (Lipinski definition) is 3. The summed E-state index contributed by atoms with van der Waals surface area (Å²) < 4.78 is 5.09. The number of Topliss-reactive ketones (excluding diaryl/α,β-unsaturated/α-hetero) is 1. The first kappa shape index (κ1) is 19.1. The van der Waals surface area contributed by atoms with Crippen LogP contribution in [-0.4, -0.2) is 18.4 Å². The predicted octanol–water partition coefficient (Wildman–Crippen LogP) is 4.82. The van der Waals surface area contributed by atoms with Gasteiger partial charge in [0.25, 0.3) is 0 Å². The molecule has 0 unspecified atom stereocenters. The monoisotopic (exact) mass is 284 g/mol. The van der Waals surface area contributed by atoms with E-state index >= 15 is 0 Å². The van der Waals surface area contributed by atoms with E-state index in [-0.39, 0.29) is 18.2 Å². The lowest BCUT2D eigenvalue weighted by Crippen LogP contribution is -2.12. The first-order valence-electron chi connectivity index (χ1n) is 8.38. The maximum absolute atomic E-state index is 11.5. The Hall–Kier alpha value is -0.860. The molecule has 0 aliphatic carbocycles. The summed E-state index contributed by atoms with van der Waals surface area (Å²) in [5.41, 5.74) is 0. The molecule has 0 aromatic carbocycles. The molecule has 0 saturated carbocycles. The summed E-state index contributed by atoms with van der Waals surface area (Å²) in [5, 5.41) is 0. The van der Waals surface area contributed by atoms with Crippen LogP contribution in [0.5, 0.6) is 0 Å². The molecule has 0 saturated heterocycles. The van der Waals surface area contributed by atoms with Crippen LogP contribution in [0.2, 0.25) is 0 Å². The van der Waals surface area contributed by atoms with Gasteiger partial charge >= 0.3 is 5.97 Å². The molecule has 0 fully saturated rings. The van der Waals surface area contributed by atoms with E-state index in [1.807, 2.05) is 0 Å². The lowest BCUT2D eigenvalue weighted by molar-refractivity contribution is -0.146. The molecule has 3 nitrogen and oxygen atoms in total. The summed E-state index contributed by atoms with van der Waals surface area (Å²) >= 11 is 0. The molecule has 0 rings (SSSR count). The molecular formula is C17H32O3. The van der Waals surface area contributed by atoms with Gasteiger partial charge in [-0.05, 0) is 12.8 Å². The highest BCUT2D eigenvalue weighted by atomic mass is 16.5. The molecule has 0 radical (unpaired) electrons. The summed E-state index contributed by atoms with van der Waals surface area (Å²) in [7, 11) is 0. The van der Waals surface area contributed by atoms with Crippen LogP contribution >= 0.6 is 0 Å². The topological polar surface area (TPSA) is 43.4 Å². The standard InChI is InChI=1S/C17H32O3/c1-3-5-7-9-10-12-14-20-17(19)15-16(18)13-11-8-6-4-2/h3-15H2,1-2H3. The first-order chi connectivity index (χ1) is 9.70. The van der Waals surface area contributed by atoms with Crippen LogP contribution in [-0.2, 0) is 14.3 Å². The summed E-state index contributed by atoms with van der Waals surface area (Å²) in [6, 6.07) is 0. The van der Waals surface area contributed by atoms with Crippen molar-refractivity contribution in [2.45, 2.75) is 90.9 Å². The minimum atomic E-state index is -0.348. The molecule has 0 aromatic rings. The number of unbranched alkanes of at least 4 members (excludes halogenated alkanes) is 8. The Kier molecular flexibility index (Phi) is 13.9. The van der Waals surface area contributed by atoms with Crippen LogP contribution in [0.15, 0.2) is 0 Å². The zero-order valence-corrected chi connectivity index (χ0v) is 13.4. The highest BCUT2D eigenvalue weighted by Gasteiger charge is 2.10. The predicted molar refractivity (Wildman–Crippen MR) is 82.7 cm³/mol. The zero-order valence-electron chi connectivity index (χ0n) is 13.4. The van der Waals surface area contributed by atoms with E-state index in [9.17, 15) is 9.59 Å². The molecule has 0 amide bonds. The highest BCUT2D eigenvalue weighted by Crippen LogP contribution is 2.07. The normalized spacial score (nSPS) is 10.5. The fourth-order valence-corrected chi connectivity index (χ4v) is 2.12. The number of hydrogen-bond donors (Lipinski definition) is 0.